The molecule has 0 saturated carbocycles. The topological polar surface area (TPSA) is 93.3 Å². The molecule has 0 spiro atoms. The van der Waals surface area contributed by atoms with Crippen molar-refractivity contribution >= 4 is 16.7 Å². The highest BCUT2D eigenvalue weighted by molar-refractivity contribution is 5.97. The normalized spacial score (nSPS) is 10.5. The molecule has 3 rings (SSSR count). The lowest BCUT2D eigenvalue weighted by Crippen LogP contribution is -2.25. The molecule has 0 atom stereocenters. The van der Waals surface area contributed by atoms with Gasteiger partial charge in [-0.05, 0) is 18.2 Å². The number of carbonyl (C=O) groups is 1. The first-order valence-electron chi connectivity index (χ1n) is 7.60. The van der Waals surface area contributed by atoms with Crippen molar-refractivity contribution in [2.45, 2.75) is 6.54 Å². The smallest absolute Gasteiger partial charge is 0.272 e. The second-order valence-corrected chi connectivity index (χ2v) is 5.29. The molecule has 0 unspecified atom stereocenters. The van der Waals surface area contributed by atoms with Crippen molar-refractivity contribution in [1.82, 2.24) is 15.5 Å². The number of H-pyrrole nitrogens is 1. The number of aromatic nitrogens is 2. The van der Waals surface area contributed by atoms with Crippen LogP contribution >= 0.6 is 0 Å². The highest BCUT2D eigenvalue weighted by Crippen LogP contribution is 2.24. The van der Waals surface area contributed by atoms with Crippen molar-refractivity contribution in [3.8, 4) is 11.5 Å². The van der Waals surface area contributed by atoms with E-state index < -0.39 is 0 Å². The minimum absolute atomic E-state index is 0.172. The molecule has 0 aliphatic heterocycles. The number of carbonyl (C=O) groups excluding carboxylic acids is 1. The molecule has 0 fully saturated rings. The van der Waals surface area contributed by atoms with Crippen molar-refractivity contribution in [3.05, 3.63) is 64.1 Å². The summed E-state index contributed by atoms with van der Waals surface area (Å²) in [6, 6.07) is 12.1. The number of benzene rings is 2. The Morgan fingerprint density at radius 3 is 2.60 bits per heavy atom. The van der Waals surface area contributed by atoms with E-state index in [0.717, 1.165) is 0 Å². The van der Waals surface area contributed by atoms with Crippen molar-refractivity contribution in [2.75, 3.05) is 14.2 Å². The number of fused-ring (bicyclic) bond motifs is 1. The molecular formula is C18H17N3O4. The van der Waals surface area contributed by atoms with Crippen molar-refractivity contribution in [2.24, 2.45) is 0 Å². The van der Waals surface area contributed by atoms with Gasteiger partial charge in [0.05, 0.1) is 37.4 Å². The summed E-state index contributed by atoms with van der Waals surface area (Å²) in [6.07, 6.45) is 0. The van der Waals surface area contributed by atoms with Crippen LogP contribution in [0, 0.1) is 0 Å². The highest BCUT2D eigenvalue weighted by Gasteiger charge is 2.14. The van der Waals surface area contributed by atoms with Crippen LogP contribution in [-0.4, -0.2) is 30.3 Å². The molecule has 0 bridgehead atoms. The maximum absolute atomic E-state index is 12.5. The minimum atomic E-state index is -0.309. The van der Waals surface area contributed by atoms with Crippen LogP contribution < -0.4 is 20.3 Å². The fourth-order valence-corrected chi connectivity index (χ4v) is 2.55. The van der Waals surface area contributed by atoms with Crippen LogP contribution in [0.5, 0.6) is 11.5 Å². The lowest BCUT2D eigenvalue weighted by atomic mass is 10.1. The van der Waals surface area contributed by atoms with Crippen molar-refractivity contribution in [3.63, 3.8) is 0 Å². The first-order valence-corrected chi connectivity index (χ1v) is 7.60. The maximum Gasteiger partial charge on any atom is 0.272 e. The number of aromatic amines is 1. The minimum Gasteiger partial charge on any atom is -0.497 e. The average Bonchev–Trinajstić information content (AvgIpc) is 2.67. The number of amides is 1. The van der Waals surface area contributed by atoms with Crippen molar-refractivity contribution < 1.29 is 14.3 Å². The van der Waals surface area contributed by atoms with Crippen LogP contribution in [0.4, 0.5) is 0 Å². The molecule has 3 aromatic rings. The number of nitrogens with one attached hydrogen (secondary N) is 2. The Bertz CT molecular complexity index is 981. The second-order valence-electron chi connectivity index (χ2n) is 5.29. The molecule has 1 heterocycles. The predicted octanol–water partition coefficient (Wildman–Crippen LogP) is 1.87. The SMILES string of the molecule is COc1ccc(C(=O)NCc2n[nH]c(=O)c3ccccc23)c(OC)c1. The quantitative estimate of drug-likeness (QED) is 0.740. The summed E-state index contributed by atoms with van der Waals surface area (Å²) in [6.45, 7) is 0.172. The van der Waals surface area contributed by atoms with Crippen molar-refractivity contribution in [1.29, 1.82) is 0 Å². The molecular weight excluding hydrogens is 322 g/mol. The Hall–Kier alpha value is -3.35. The van der Waals surface area contributed by atoms with Gasteiger partial charge in [-0.1, -0.05) is 18.2 Å². The Kier molecular flexibility index (Phi) is 4.65. The molecule has 7 heteroatoms. The van der Waals surface area contributed by atoms with Gasteiger partial charge in [-0.3, -0.25) is 9.59 Å². The molecule has 0 radical (unpaired) electrons. The summed E-state index contributed by atoms with van der Waals surface area (Å²) in [7, 11) is 3.03. The summed E-state index contributed by atoms with van der Waals surface area (Å²) in [4.78, 5) is 24.3. The molecule has 0 saturated heterocycles. The number of hydrogen-bond acceptors (Lipinski definition) is 5. The molecule has 2 aromatic carbocycles. The molecule has 0 aliphatic rings. The Morgan fingerprint density at radius 1 is 1.12 bits per heavy atom. The summed E-state index contributed by atoms with van der Waals surface area (Å²) in [5.41, 5.74) is 0.704. The number of ether oxygens (including phenoxy) is 2. The van der Waals surface area contributed by atoms with E-state index in [1.807, 2.05) is 6.07 Å². The summed E-state index contributed by atoms with van der Waals surface area (Å²) in [5.74, 6) is 0.703. The summed E-state index contributed by atoms with van der Waals surface area (Å²) in [5, 5.41) is 10.5. The van der Waals surface area contributed by atoms with E-state index in [-0.39, 0.29) is 18.0 Å². The third-order valence-corrected chi connectivity index (χ3v) is 3.84. The zero-order chi connectivity index (χ0) is 17.8. The maximum atomic E-state index is 12.5. The van der Waals surface area contributed by atoms with Crippen LogP contribution in [-0.2, 0) is 6.54 Å². The summed E-state index contributed by atoms with van der Waals surface area (Å²) >= 11 is 0. The number of rotatable bonds is 5. The van der Waals surface area contributed by atoms with Gasteiger partial charge >= 0.3 is 0 Å². The fraction of sp³-hybridized carbons (Fsp3) is 0.167. The molecule has 7 nitrogen and oxygen atoms in total. The standard InChI is InChI=1S/C18H17N3O4/c1-24-11-7-8-14(16(9-11)25-2)17(22)19-10-15-12-5-3-4-6-13(12)18(23)21-20-15/h3-9H,10H2,1-2H3,(H,19,22)(H,21,23). The van der Waals surface area contributed by atoms with Crippen LogP contribution in [0.3, 0.4) is 0 Å². The molecule has 25 heavy (non-hydrogen) atoms. The van der Waals surface area contributed by atoms with E-state index in [0.29, 0.717) is 33.5 Å². The first kappa shape index (κ1) is 16.5. The van der Waals surface area contributed by atoms with E-state index >= 15 is 0 Å². The van der Waals surface area contributed by atoms with Gasteiger partial charge < -0.3 is 14.8 Å². The highest BCUT2D eigenvalue weighted by atomic mass is 16.5. The van der Waals surface area contributed by atoms with Crippen LogP contribution in [0.15, 0.2) is 47.3 Å². The summed E-state index contributed by atoms with van der Waals surface area (Å²) < 4.78 is 10.4. The third-order valence-electron chi connectivity index (χ3n) is 3.84. The van der Waals surface area contributed by atoms with Crippen LogP contribution in [0.25, 0.3) is 10.8 Å². The van der Waals surface area contributed by atoms with Gasteiger partial charge in [-0.2, -0.15) is 5.10 Å². The predicted molar refractivity (Wildman–Crippen MR) is 93.1 cm³/mol. The van der Waals surface area contributed by atoms with E-state index in [1.165, 1.54) is 7.11 Å². The van der Waals surface area contributed by atoms with Gasteiger partial charge in [0.2, 0.25) is 0 Å². The van der Waals surface area contributed by atoms with Gasteiger partial charge in [0.1, 0.15) is 11.5 Å². The molecule has 2 N–H and O–H groups in total. The molecule has 1 amide bonds. The van der Waals surface area contributed by atoms with E-state index in [1.54, 1.807) is 43.5 Å². The average molecular weight is 339 g/mol. The molecule has 1 aromatic heterocycles. The van der Waals surface area contributed by atoms with Crippen LogP contribution in [0.1, 0.15) is 16.1 Å². The molecule has 0 aliphatic carbocycles. The van der Waals surface area contributed by atoms with Gasteiger partial charge in [-0.15, -0.1) is 0 Å². The van der Waals surface area contributed by atoms with Crippen LogP contribution in [0.2, 0.25) is 0 Å². The number of nitrogens with zero attached hydrogens (tertiary/aromatic N) is 1. The van der Waals surface area contributed by atoms with Gasteiger partial charge in [-0.25, -0.2) is 5.10 Å². The largest absolute Gasteiger partial charge is 0.497 e. The Morgan fingerprint density at radius 2 is 1.88 bits per heavy atom. The van der Waals surface area contributed by atoms with E-state index in [9.17, 15) is 9.59 Å². The third kappa shape index (κ3) is 3.30. The van der Waals surface area contributed by atoms with E-state index in [2.05, 4.69) is 15.5 Å². The lowest BCUT2D eigenvalue weighted by Gasteiger charge is -2.11. The Balaban J connectivity index is 1.84. The number of hydrogen-bond donors (Lipinski definition) is 2. The zero-order valence-corrected chi connectivity index (χ0v) is 13.8. The lowest BCUT2D eigenvalue weighted by molar-refractivity contribution is 0.0947. The van der Waals surface area contributed by atoms with Gasteiger partial charge in [0.25, 0.3) is 11.5 Å². The fourth-order valence-electron chi connectivity index (χ4n) is 2.55. The Labute approximate surface area is 143 Å². The van der Waals surface area contributed by atoms with Gasteiger partial charge in [0, 0.05) is 11.5 Å². The first-order chi connectivity index (χ1) is 12.1. The second kappa shape index (κ2) is 7.04. The van der Waals surface area contributed by atoms with Gasteiger partial charge in [0.15, 0.2) is 0 Å². The number of methoxy groups -OCH3 is 2. The monoisotopic (exact) mass is 339 g/mol. The van der Waals surface area contributed by atoms with E-state index in [4.69, 9.17) is 9.47 Å². The molecule has 128 valence electrons. The zero-order valence-electron chi connectivity index (χ0n) is 13.8.